The van der Waals surface area contributed by atoms with Gasteiger partial charge in [0.05, 0.1) is 11.7 Å². The highest BCUT2D eigenvalue weighted by atomic mass is 15.4. The van der Waals surface area contributed by atoms with Crippen LogP contribution in [0, 0.1) is 13.8 Å². The largest absolute Gasteiger partial charge is 0.354 e. The minimum absolute atomic E-state index is 0.236. The summed E-state index contributed by atoms with van der Waals surface area (Å²) in [6, 6.07) is 0.236. The molecule has 2 aromatic heterocycles. The van der Waals surface area contributed by atoms with Gasteiger partial charge in [-0.2, -0.15) is 15.2 Å². The number of rotatable bonds is 2. The van der Waals surface area contributed by atoms with Crippen molar-refractivity contribution in [2.24, 2.45) is 7.05 Å². The van der Waals surface area contributed by atoms with Crippen LogP contribution < -0.4 is 5.32 Å². The predicted molar refractivity (Wildman–Crippen MR) is 78.0 cm³/mol. The average Bonchev–Trinajstić information content (AvgIpc) is 2.92. The molecule has 2 aromatic rings. The predicted octanol–water partition coefficient (Wildman–Crippen LogP) is 2.16. The van der Waals surface area contributed by atoms with E-state index in [2.05, 4.69) is 43.1 Å². The molecule has 0 bridgehead atoms. The van der Waals surface area contributed by atoms with E-state index in [0.29, 0.717) is 5.92 Å². The number of aromatic nitrogens is 5. The number of nitrogens with zero attached hydrogens (tertiary/aromatic N) is 5. The molecule has 0 fully saturated rings. The van der Waals surface area contributed by atoms with Gasteiger partial charge in [-0.05, 0) is 20.3 Å². The second kappa shape index (κ2) is 4.61. The van der Waals surface area contributed by atoms with E-state index in [9.17, 15) is 0 Å². The molecule has 0 radical (unpaired) electrons. The normalized spacial score (nSPS) is 18.2. The van der Waals surface area contributed by atoms with Crippen molar-refractivity contribution in [1.29, 1.82) is 0 Å². The Kier molecular flexibility index (Phi) is 3.03. The number of hydrogen-bond donors (Lipinski definition) is 1. The van der Waals surface area contributed by atoms with Crippen LogP contribution in [0.3, 0.4) is 0 Å². The van der Waals surface area contributed by atoms with Gasteiger partial charge >= 0.3 is 0 Å². The maximum atomic E-state index is 4.71. The van der Waals surface area contributed by atoms with Gasteiger partial charge in [-0.15, -0.1) is 0 Å². The first-order valence-electron chi connectivity index (χ1n) is 7.19. The minimum Gasteiger partial charge on any atom is -0.354 e. The molecule has 3 rings (SSSR count). The molecule has 1 aliphatic rings. The summed E-state index contributed by atoms with van der Waals surface area (Å²) in [6.07, 6.45) is 1.02. The van der Waals surface area contributed by atoms with Crippen LogP contribution in [0.4, 0.5) is 5.95 Å². The maximum Gasteiger partial charge on any atom is 0.221 e. The quantitative estimate of drug-likeness (QED) is 0.911. The van der Waals surface area contributed by atoms with E-state index in [1.165, 1.54) is 11.3 Å². The fourth-order valence-electron chi connectivity index (χ4n) is 2.90. The lowest BCUT2D eigenvalue weighted by atomic mass is 10.0. The zero-order chi connectivity index (χ0) is 14.4. The van der Waals surface area contributed by atoms with Gasteiger partial charge in [0.1, 0.15) is 0 Å². The van der Waals surface area contributed by atoms with Crippen LogP contribution >= 0.6 is 0 Å². The van der Waals surface area contributed by atoms with Crippen molar-refractivity contribution in [2.75, 3.05) is 11.9 Å². The van der Waals surface area contributed by atoms with Gasteiger partial charge < -0.3 is 5.32 Å². The molecule has 1 atom stereocenters. The lowest BCUT2D eigenvalue weighted by Gasteiger charge is -2.24. The molecule has 1 N–H and O–H groups in total. The molecule has 0 saturated carbocycles. The first kappa shape index (κ1) is 13.1. The van der Waals surface area contributed by atoms with Crippen LogP contribution in [0.1, 0.15) is 55.0 Å². The van der Waals surface area contributed by atoms with Crippen LogP contribution in [-0.2, 0) is 7.05 Å². The van der Waals surface area contributed by atoms with Gasteiger partial charge in [0.15, 0.2) is 5.82 Å². The number of fused-ring (bicyclic) bond motifs is 1. The highest BCUT2D eigenvalue weighted by Crippen LogP contribution is 2.32. The summed E-state index contributed by atoms with van der Waals surface area (Å²) in [5.74, 6) is 2.12. The van der Waals surface area contributed by atoms with Crippen molar-refractivity contribution in [1.82, 2.24) is 24.5 Å². The third-order valence-electron chi connectivity index (χ3n) is 4.06. The number of hydrogen-bond acceptors (Lipinski definition) is 4. The lowest BCUT2D eigenvalue weighted by molar-refractivity contribution is 0.471. The molecule has 108 valence electrons. The van der Waals surface area contributed by atoms with Gasteiger partial charge in [0, 0.05) is 30.8 Å². The summed E-state index contributed by atoms with van der Waals surface area (Å²) in [5.41, 5.74) is 3.59. The zero-order valence-electron chi connectivity index (χ0n) is 12.8. The summed E-state index contributed by atoms with van der Waals surface area (Å²) in [4.78, 5) is 4.61. The number of aryl methyl sites for hydroxylation is 2. The van der Waals surface area contributed by atoms with E-state index in [-0.39, 0.29) is 6.04 Å². The van der Waals surface area contributed by atoms with E-state index >= 15 is 0 Å². The van der Waals surface area contributed by atoms with E-state index in [1.807, 2.05) is 16.4 Å². The SMILES string of the molecule is Cc1nn(C)c(C)c1C1CCNc2nc(C(C)C)nn21. The molecule has 6 heteroatoms. The molecule has 0 aliphatic carbocycles. The summed E-state index contributed by atoms with van der Waals surface area (Å²) >= 11 is 0. The minimum atomic E-state index is 0.236. The Morgan fingerprint density at radius 1 is 1.25 bits per heavy atom. The fraction of sp³-hybridized carbons (Fsp3) is 0.643. The van der Waals surface area contributed by atoms with Gasteiger partial charge in [-0.1, -0.05) is 13.8 Å². The van der Waals surface area contributed by atoms with E-state index < -0.39 is 0 Å². The van der Waals surface area contributed by atoms with Gasteiger partial charge in [0.2, 0.25) is 5.95 Å². The Morgan fingerprint density at radius 2 is 2.00 bits per heavy atom. The Hall–Kier alpha value is -1.85. The van der Waals surface area contributed by atoms with Crippen LogP contribution in [0.25, 0.3) is 0 Å². The second-order valence-electron chi connectivity index (χ2n) is 5.83. The van der Waals surface area contributed by atoms with Gasteiger partial charge in [-0.3, -0.25) is 4.68 Å². The van der Waals surface area contributed by atoms with Crippen molar-refractivity contribution in [2.45, 2.75) is 46.1 Å². The summed E-state index contributed by atoms with van der Waals surface area (Å²) in [5, 5.41) is 12.6. The average molecular weight is 274 g/mol. The molecular weight excluding hydrogens is 252 g/mol. The van der Waals surface area contributed by atoms with Crippen molar-refractivity contribution in [3.05, 3.63) is 22.8 Å². The van der Waals surface area contributed by atoms with Crippen LogP contribution in [0.2, 0.25) is 0 Å². The standard InChI is InChI=1S/C14H22N6/c1-8(2)13-16-14-15-7-6-11(20(14)18-13)12-9(3)17-19(5)10(12)4/h8,11H,6-7H2,1-5H3,(H,15,16,18). The first-order chi connectivity index (χ1) is 9.49. The van der Waals surface area contributed by atoms with E-state index in [4.69, 9.17) is 5.10 Å². The lowest BCUT2D eigenvalue weighted by Crippen LogP contribution is -2.25. The fourth-order valence-corrected chi connectivity index (χ4v) is 2.90. The molecular formula is C14H22N6. The molecule has 3 heterocycles. The highest BCUT2D eigenvalue weighted by molar-refractivity contribution is 5.36. The Labute approximate surface area is 119 Å². The Balaban J connectivity index is 2.09. The van der Waals surface area contributed by atoms with Crippen molar-refractivity contribution in [3.63, 3.8) is 0 Å². The Bertz CT molecular complexity index is 636. The van der Waals surface area contributed by atoms with Crippen LogP contribution in [0.15, 0.2) is 0 Å². The van der Waals surface area contributed by atoms with Gasteiger partial charge in [-0.25, -0.2) is 4.68 Å². The number of nitrogens with one attached hydrogen (secondary N) is 1. The molecule has 6 nitrogen and oxygen atoms in total. The molecule has 20 heavy (non-hydrogen) atoms. The number of anilines is 1. The Morgan fingerprint density at radius 3 is 2.60 bits per heavy atom. The topological polar surface area (TPSA) is 60.6 Å². The van der Waals surface area contributed by atoms with Crippen molar-refractivity contribution >= 4 is 5.95 Å². The second-order valence-corrected chi connectivity index (χ2v) is 5.83. The first-order valence-corrected chi connectivity index (χ1v) is 7.19. The summed E-state index contributed by atoms with van der Waals surface area (Å²) in [6.45, 7) is 9.37. The highest BCUT2D eigenvalue weighted by Gasteiger charge is 2.29. The third kappa shape index (κ3) is 1.90. The van der Waals surface area contributed by atoms with Crippen LogP contribution in [-0.4, -0.2) is 31.1 Å². The van der Waals surface area contributed by atoms with Crippen molar-refractivity contribution in [3.8, 4) is 0 Å². The smallest absolute Gasteiger partial charge is 0.221 e. The van der Waals surface area contributed by atoms with E-state index in [1.54, 1.807) is 0 Å². The molecule has 1 unspecified atom stereocenters. The summed E-state index contributed by atoms with van der Waals surface area (Å²) < 4.78 is 3.99. The molecule has 0 amide bonds. The van der Waals surface area contributed by atoms with Gasteiger partial charge in [0.25, 0.3) is 0 Å². The van der Waals surface area contributed by atoms with Crippen LogP contribution in [0.5, 0.6) is 0 Å². The molecule has 0 spiro atoms. The third-order valence-corrected chi connectivity index (χ3v) is 4.06. The monoisotopic (exact) mass is 274 g/mol. The molecule has 1 aliphatic heterocycles. The molecule has 0 saturated heterocycles. The van der Waals surface area contributed by atoms with Crippen molar-refractivity contribution < 1.29 is 0 Å². The maximum absolute atomic E-state index is 4.71. The van der Waals surface area contributed by atoms with E-state index in [0.717, 1.165) is 30.4 Å². The molecule has 0 aromatic carbocycles. The summed E-state index contributed by atoms with van der Waals surface area (Å²) in [7, 11) is 1.99. The zero-order valence-corrected chi connectivity index (χ0v) is 12.8.